The predicted octanol–water partition coefficient (Wildman–Crippen LogP) is 0.200. The number of carbonyl (C=O) groups is 2. The standard InChI is InChI=1S/C8H7N3O5/c9-5-2-1-4(3-6(5)11(15)16)10-7(12)8(13)14/h1-3H,9H2,(H,10,12)(H,13,14). The Bertz CT molecular complexity index is 471. The number of nitrogens with two attached hydrogens (primary N) is 1. The average Bonchev–Trinajstić information content (AvgIpc) is 2.20. The first-order chi connectivity index (χ1) is 7.41. The van der Waals surface area contributed by atoms with E-state index < -0.39 is 22.5 Å². The van der Waals surface area contributed by atoms with E-state index in [2.05, 4.69) is 0 Å². The highest BCUT2D eigenvalue weighted by Crippen LogP contribution is 2.24. The van der Waals surface area contributed by atoms with Crippen molar-refractivity contribution in [1.82, 2.24) is 0 Å². The maximum Gasteiger partial charge on any atom is 0.394 e. The highest BCUT2D eigenvalue weighted by atomic mass is 16.6. The van der Waals surface area contributed by atoms with Gasteiger partial charge in [0, 0.05) is 11.8 Å². The van der Waals surface area contributed by atoms with Crippen LogP contribution in [0, 0.1) is 10.1 Å². The van der Waals surface area contributed by atoms with E-state index in [1.807, 2.05) is 5.32 Å². The number of nitro groups is 1. The lowest BCUT2D eigenvalue weighted by molar-refractivity contribution is -0.383. The van der Waals surface area contributed by atoms with Crippen molar-refractivity contribution in [3.05, 3.63) is 28.3 Å². The van der Waals surface area contributed by atoms with Crippen molar-refractivity contribution in [1.29, 1.82) is 0 Å². The van der Waals surface area contributed by atoms with Crippen LogP contribution in [0.2, 0.25) is 0 Å². The number of nitrogens with one attached hydrogen (secondary N) is 1. The van der Waals surface area contributed by atoms with Crippen LogP contribution in [-0.2, 0) is 9.59 Å². The molecule has 84 valence electrons. The molecule has 0 aliphatic carbocycles. The zero-order valence-corrected chi connectivity index (χ0v) is 7.84. The fourth-order valence-corrected chi connectivity index (χ4v) is 0.964. The topological polar surface area (TPSA) is 136 Å². The van der Waals surface area contributed by atoms with Gasteiger partial charge >= 0.3 is 11.9 Å². The van der Waals surface area contributed by atoms with Crippen molar-refractivity contribution in [2.24, 2.45) is 0 Å². The number of hydrogen-bond donors (Lipinski definition) is 3. The van der Waals surface area contributed by atoms with Crippen LogP contribution in [0.4, 0.5) is 17.1 Å². The van der Waals surface area contributed by atoms with Gasteiger partial charge in [0.2, 0.25) is 0 Å². The second kappa shape index (κ2) is 4.26. The molecule has 1 amide bonds. The summed E-state index contributed by atoms with van der Waals surface area (Å²) < 4.78 is 0. The normalized spacial score (nSPS) is 9.50. The maximum absolute atomic E-state index is 10.8. The molecular formula is C8H7N3O5. The van der Waals surface area contributed by atoms with Gasteiger partial charge in [0.05, 0.1) is 4.92 Å². The average molecular weight is 225 g/mol. The first kappa shape index (κ1) is 11.4. The maximum atomic E-state index is 10.8. The summed E-state index contributed by atoms with van der Waals surface area (Å²) in [5.41, 5.74) is 4.83. The van der Waals surface area contributed by atoms with Gasteiger partial charge in [0.1, 0.15) is 5.69 Å². The molecule has 8 nitrogen and oxygen atoms in total. The van der Waals surface area contributed by atoms with Crippen molar-refractivity contribution in [2.75, 3.05) is 11.1 Å². The van der Waals surface area contributed by atoms with Gasteiger partial charge in [-0.1, -0.05) is 0 Å². The highest BCUT2D eigenvalue weighted by Gasteiger charge is 2.15. The van der Waals surface area contributed by atoms with Gasteiger partial charge in [0.15, 0.2) is 0 Å². The van der Waals surface area contributed by atoms with Gasteiger partial charge in [-0.2, -0.15) is 0 Å². The van der Waals surface area contributed by atoms with E-state index in [4.69, 9.17) is 10.8 Å². The number of anilines is 2. The van der Waals surface area contributed by atoms with Gasteiger partial charge in [-0.25, -0.2) is 4.79 Å². The monoisotopic (exact) mass is 225 g/mol. The van der Waals surface area contributed by atoms with E-state index >= 15 is 0 Å². The fourth-order valence-electron chi connectivity index (χ4n) is 0.964. The minimum absolute atomic E-state index is 0.00620. The summed E-state index contributed by atoms with van der Waals surface area (Å²) in [6.07, 6.45) is 0. The van der Waals surface area contributed by atoms with Crippen molar-refractivity contribution in [3.8, 4) is 0 Å². The first-order valence-corrected chi connectivity index (χ1v) is 4.00. The molecule has 0 saturated heterocycles. The molecule has 4 N–H and O–H groups in total. The molecule has 0 atom stereocenters. The molecule has 0 aromatic heterocycles. The number of nitrogens with zero attached hydrogens (tertiary/aromatic N) is 1. The second-order valence-corrected chi connectivity index (χ2v) is 2.79. The minimum atomic E-state index is -1.68. The van der Waals surface area contributed by atoms with E-state index in [0.29, 0.717) is 0 Å². The van der Waals surface area contributed by atoms with E-state index in [0.717, 1.165) is 6.07 Å². The zero-order chi connectivity index (χ0) is 12.3. The number of benzene rings is 1. The van der Waals surface area contributed by atoms with E-state index in [1.165, 1.54) is 12.1 Å². The first-order valence-electron chi connectivity index (χ1n) is 4.00. The summed E-state index contributed by atoms with van der Waals surface area (Å²) in [6.45, 7) is 0. The van der Waals surface area contributed by atoms with Crippen LogP contribution in [0.1, 0.15) is 0 Å². The lowest BCUT2D eigenvalue weighted by atomic mass is 10.2. The van der Waals surface area contributed by atoms with Crippen LogP contribution in [-0.4, -0.2) is 21.9 Å². The number of nitro benzene ring substituents is 1. The van der Waals surface area contributed by atoms with Crippen LogP contribution in [0.25, 0.3) is 0 Å². The molecule has 1 rings (SSSR count). The predicted molar refractivity (Wildman–Crippen MR) is 53.8 cm³/mol. The molecule has 0 aliphatic heterocycles. The Kier molecular flexibility index (Phi) is 3.04. The molecule has 16 heavy (non-hydrogen) atoms. The minimum Gasteiger partial charge on any atom is -0.474 e. The number of nitrogen functional groups attached to an aromatic ring is 1. The van der Waals surface area contributed by atoms with Gasteiger partial charge in [-0.05, 0) is 12.1 Å². The van der Waals surface area contributed by atoms with Gasteiger partial charge in [0.25, 0.3) is 5.69 Å². The van der Waals surface area contributed by atoms with E-state index in [1.54, 1.807) is 0 Å². The third-order valence-electron chi connectivity index (χ3n) is 1.68. The van der Waals surface area contributed by atoms with Crippen molar-refractivity contribution in [3.63, 3.8) is 0 Å². The summed E-state index contributed by atoms with van der Waals surface area (Å²) in [6, 6.07) is 3.45. The molecular weight excluding hydrogens is 218 g/mol. The Balaban J connectivity index is 3.00. The van der Waals surface area contributed by atoms with Gasteiger partial charge in [-0.3, -0.25) is 14.9 Å². The smallest absolute Gasteiger partial charge is 0.394 e. The summed E-state index contributed by atoms with van der Waals surface area (Å²) in [7, 11) is 0. The second-order valence-electron chi connectivity index (χ2n) is 2.79. The van der Waals surface area contributed by atoms with Crippen molar-refractivity contribution in [2.45, 2.75) is 0 Å². The third kappa shape index (κ3) is 2.44. The third-order valence-corrected chi connectivity index (χ3v) is 1.68. The van der Waals surface area contributed by atoms with Crippen LogP contribution < -0.4 is 11.1 Å². The number of carboxylic acid groups (broad SMARTS) is 1. The number of carboxylic acids is 1. The number of amides is 1. The molecule has 0 bridgehead atoms. The number of rotatable bonds is 2. The summed E-state index contributed by atoms with van der Waals surface area (Å²) in [5.74, 6) is -2.96. The van der Waals surface area contributed by atoms with E-state index in [-0.39, 0.29) is 11.4 Å². The molecule has 0 aliphatic rings. The Labute approximate surface area is 88.8 Å². The molecule has 1 aromatic rings. The fraction of sp³-hybridized carbons (Fsp3) is 0. The summed E-state index contributed by atoms with van der Waals surface area (Å²) in [5, 5.41) is 20.8. The molecule has 0 radical (unpaired) electrons. The van der Waals surface area contributed by atoms with Crippen LogP contribution in [0.15, 0.2) is 18.2 Å². The Morgan fingerprint density at radius 2 is 2.06 bits per heavy atom. The Hall–Kier alpha value is -2.64. The number of hydrogen-bond acceptors (Lipinski definition) is 5. The van der Waals surface area contributed by atoms with Gasteiger partial charge < -0.3 is 16.2 Å². The SMILES string of the molecule is Nc1ccc(NC(=O)C(=O)O)cc1[N+](=O)[O-]. The lowest BCUT2D eigenvalue weighted by Gasteiger charge is -2.03. The van der Waals surface area contributed by atoms with Crippen LogP contribution in [0.5, 0.6) is 0 Å². The molecule has 0 fully saturated rings. The number of aliphatic carboxylic acids is 1. The van der Waals surface area contributed by atoms with Gasteiger partial charge in [-0.15, -0.1) is 0 Å². The molecule has 0 heterocycles. The lowest BCUT2D eigenvalue weighted by Crippen LogP contribution is -2.21. The molecule has 0 spiro atoms. The quantitative estimate of drug-likeness (QED) is 0.284. The Morgan fingerprint density at radius 3 is 2.56 bits per heavy atom. The van der Waals surface area contributed by atoms with Crippen molar-refractivity contribution >= 4 is 28.9 Å². The van der Waals surface area contributed by atoms with Crippen LogP contribution in [0.3, 0.4) is 0 Å². The van der Waals surface area contributed by atoms with Crippen LogP contribution >= 0.6 is 0 Å². The zero-order valence-electron chi connectivity index (χ0n) is 7.84. The summed E-state index contributed by atoms with van der Waals surface area (Å²) in [4.78, 5) is 30.7. The molecule has 0 saturated carbocycles. The van der Waals surface area contributed by atoms with E-state index in [9.17, 15) is 19.7 Å². The molecule has 1 aromatic carbocycles. The Morgan fingerprint density at radius 1 is 1.44 bits per heavy atom. The number of carbonyl (C=O) groups excluding carboxylic acids is 1. The summed E-state index contributed by atoms with van der Waals surface area (Å²) >= 11 is 0. The molecule has 8 heteroatoms. The largest absolute Gasteiger partial charge is 0.474 e. The molecule has 0 unspecified atom stereocenters. The highest BCUT2D eigenvalue weighted by molar-refractivity contribution is 6.36. The van der Waals surface area contributed by atoms with Crippen molar-refractivity contribution < 1.29 is 19.6 Å².